The first-order chi connectivity index (χ1) is 7.95. The summed E-state index contributed by atoms with van der Waals surface area (Å²) in [6.07, 6.45) is 0. The fourth-order valence-electron chi connectivity index (χ4n) is 1.38. The standard InChI is InChI=1S/C11H12ClNO4/c1-7(14)13(6-11(15)16)9-5-8(12)3-4-10(9)17-2/h3-5H,6H2,1-2H3,(H,15,16). The first kappa shape index (κ1) is 13.3. The van der Waals surface area contributed by atoms with Gasteiger partial charge in [-0.15, -0.1) is 0 Å². The minimum Gasteiger partial charge on any atom is -0.495 e. The van der Waals surface area contributed by atoms with Crippen LogP contribution in [0.5, 0.6) is 5.75 Å². The zero-order valence-electron chi connectivity index (χ0n) is 9.44. The Balaban J connectivity index is 3.20. The number of anilines is 1. The molecule has 0 aliphatic carbocycles. The van der Waals surface area contributed by atoms with Gasteiger partial charge in [0, 0.05) is 11.9 Å². The third-order valence-electron chi connectivity index (χ3n) is 2.11. The first-order valence-corrected chi connectivity index (χ1v) is 5.17. The van der Waals surface area contributed by atoms with Crippen LogP contribution in [0.2, 0.25) is 5.02 Å². The topological polar surface area (TPSA) is 66.8 Å². The molecule has 0 unspecified atom stereocenters. The molecule has 0 spiro atoms. The number of carboxylic acid groups (broad SMARTS) is 1. The van der Waals surface area contributed by atoms with Crippen LogP contribution in [0, 0.1) is 0 Å². The fraction of sp³-hybridized carbons (Fsp3) is 0.273. The number of hydrogen-bond acceptors (Lipinski definition) is 3. The lowest BCUT2D eigenvalue weighted by Crippen LogP contribution is -2.34. The molecular weight excluding hydrogens is 246 g/mol. The number of carbonyl (C=O) groups excluding carboxylic acids is 1. The first-order valence-electron chi connectivity index (χ1n) is 4.79. The monoisotopic (exact) mass is 257 g/mol. The molecule has 0 saturated heterocycles. The van der Waals surface area contributed by atoms with E-state index in [-0.39, 0.29) is 0 Å². The molecule has 0 atom stereocenters. The van der Waals surface area contributed by atoms with Gasteiger partial charge in [-0.1, -0.05) is 11.6 Å². The summed E-state index contributed by atoms with van der Waals surface area (Å²) in [7, 11) is 1.44. The Kier molecular flexibility index (Phi) is 4.34. The number of ether oxygens (including phenoxy) is 1. The van der Waals surface area contributed by atoms with Crippen molar-refractivity contribution in [1.82, 2.24) is 0 Å². The minimum absolute atomic E-state index is 0.343. The summed E-state index contributed by atoms with van der Waals surface area (Å²) in [4.78, 5) is 23.2. The molecule has 1 aromatic carbocycles. The molecule has 1 N–H and O–H groups in total. The smallest absolute Gasteiger partial charge is 0.323 e. The Labute approximate surface area is 104 Å². The number of aliphatic carboxylic acids is 1. The van der Waals surface area contributed by atoms with Crippen molar-refractivity contribution >= 4 is 29.2 Å². The third kappa shape index (κ3) is 3.35. The van der Waals surface area contributed by atoms with E-state index in [2.05, 4.69) is 0 Å². The highest BCUT2D eigenvalue weighted by molar-refractivity contribution is 6.31. The Morgan fingerprint density at radius 3 is 2.59 bits per heavy atom. The summed E-state index contributed by atoms with van der Waals surface area (Å²) in [6, 6.07) is 4.67. The molecule has 0 saturated carbocycles. The van der Waals surface area contributed by atoms with Crippen molar-refractivity contribution in [3.05, 3.63) is 23.2 Å². The molecule has 17 heavy (non-hydrogen) atoms. The number of nitrogens with zero attached hydrogens (tertiary/aromatic N) is 1. The summed E-state index contributed by atoms with van der Waals surface area (Å²) >= 11 is 5.82. The molecule has 1 amide bonds. The van der Waals surface area contributed by atoms with E-state index in [1.807, 2.05) is 0 Å². The van der Waals surface area contributed by atoms with Gasteiger partial charge in [0.25, 0.3) is 0 Å². The van der Waals surface area contributed by atoms with Gasteiger partial charge in [-0.3, -0.25) is 14.5 Å². The molecule has 92 valence electrons. The number of methoxy groups -OCH3 is 1. The van der Waals surface area contributed by atoms with Gasteiger partial charge in [0.2, 0.25) is 5.91 Å². The van der Waals surface area contributed by atoms with Crippen LogP contribution < -0.4 is 9.64 Å². The number of amides is 1. The molecule has 5 nitrogen and oxygen atoms in total. The number of carboxylic acids is 1. The molecule has 0 aliphatic rings. The van der Waals surface area contributed by atoms with Crippen LogP contribution in [-0.2, 0) is 9.59 Å². The Hall–Kier alpha value is -1.75. The number of carbonyl (C=O) groups is 2. The molecule has 0 heterocycles. The molecule has 0 bridgehead atoms. The van der Waals surface area contributed by atoms with Crippen LogP contribution in [0.4, 0.5) is 5.69 Å². The Morgan fingerprint density at radius 2 is 2.12 bits per heavy atom. The SMILES string of the molecule is COc1ccc(Cl)cc1N(CC(=O)O)C(C)=O. The maximum absolute atomic E-state index is 11.4. The molecule has 6 heteroatoms. The zero-order chi connectivity index (χ0) is 13.0. The van der Waals surface area contributed by atoms with Crippen molar-refractivity contribution < 1.29 is 19.4 Å². The van der Waals surface area contributed by atoms with Crippen LogP contribution in [0.3, 0.4) is 0 Å². The second kappa shape index (κ2) is 5.54. The van der Waals surface area contributed by atoms with Gasteiger partial charge in [0.1, 0.15) is 12.3 Å². The summed E-state index contributed by atoms with van der Waals surface area (Å²) in [5.74, 6) is -1.11. The highest BCUT2D eigenvalue weighted by atomic mass is 35.5. The highest BCUT2D eigenvalue weighted by Crippen LogP contribution is 2.31. The quantitative estimate of drug-likeness (QED) is 0.893. The maximum Gasteiger partial charge on any atom is 0.323 e. The molecular formula is C11H12ClNO4. The third-order valence-corrected chi connectivity index (χ3v) is 2.34. The van der Waals surface area contributed by atoms with Crippen molar-refractivity contribution in [3.8, 4) is 5.75 Å². The van der Waals surface area contributed by atoms with Crippen molar-refractivity contribution in [2.24, 2.45) is 0 Å². The van der Waals surface area contributed by atoms with Crippen LogP contribution >= 0.6 is 11.6 Å². The Bertz CT molecular complexity index is 447. The van der Waals surface area contributed by atoms with E-state index in [4.69, 9.17) is 21.4 Å². The normalized spacial score (nSPS) is 9.82. The maximum atomic E-state index is 11.4. The van der Waals surface area contributed by atoms with Crippen molar-refractivity contribution in [2.75, 3.05) is 18.6 Å². The molecule has 0 aromatic heterocycles. The van der Waals surface area contributed by atoms with Crippen LogP contribution in [0.1, 0.15) is 6.92 Å². The van der Waals surface area contributed by atoms with Gasteiger partial charge in [0.15, 0.2) is 0 Å². The number of rotatable bonds is 4. The number of hydrogen-bond donors (Lipinski definition) is 1. The summed E-state index contributed by atoms with van der Waals surface area (Å²) in [5.41, 5.74) is 0.343. The predicted molar refractivity (Wildman–Crippen MR) is 63.7 cm³/mol. The number of benzene rings is 1. The van der Waals surface area contributed by atoms with E-state index in [1.165, 1.54) is 20.1 Å². The van der Waals surface area contributed by atoms with E-state index in [0.29, 0.717) is 16.5 Å². The lowest BCUT2D eigenvalue weighted by atomic mass is 10.2. The van der Waals surface area contributed by atoms with E-state index in [0.717, 1.165) is 4.90 Å². The van der Waals surface area contributed by atoms with Gasteiger partial charge in [0.05, 0.1) is 12.8 Å². The Morgan fingerprint density at radius 1 is 1.47 bits per heavy atom. The molecule has 1 aromatic rings. The van der Waals surface area contributed by atoms with Gasteiger partial charge in [-0.25, -0.2) is 0 Å². The molecule has 1 rings (SSSR count). The zero-order valence-corrected chi connectivity index (χ0v) is 10.2. The van der Waals surface area contributed by atoms with Crippen LogP contribution in [0.15, 0.2) is 18.2 Å². The summed E-state index contributed by atoms with van der Waals surface area (Å²) < 4.78 is 5.07. The second-order valence-electron chi connectivity index (χ2n) is 3.32. The van der Waals surface area contributed by atoms with E-state index < -0.39 is 18.4 Å². The van der Waals surface area contributed by atoms with Gasteiger partial charge in [-0.05, 0) is 18.2 Å². The lowest BCUT2D eigenvalue weighted by molar-refractivity contribution is -0.136. The molecule has 0 radical (unpaired) electrons. The highest BCUT2D eigenvalue weighted by Gasteiger charge is 2.19. The molecule has 0 fully saturated rings. The molecule has 0 aliphatic heterocycles. The van der Waals surface area contributed by atoms with Gasteiger partial charge >= 0.3 is 5.97 Å². The van der Waals surface area contributed by atoms with Crippen LogP contribution in [0.25, 0.3) is 0 Å². The van der Waals surface area contributed by atoms with Gasteiger partial charge < -0.3 is 9.84 Å². The van der Waals surface area contributed by atoms with Crippen LogP contribution in [-0.4, -0.2) is 30.6 Å². The largest absolute Gasteiger partial charge is 0.495 e. The second-order valence-corrected chi connectivity index (χ2v) is 3.75. The fourth-order valence-corrected chi connectivity index (χ4v) is 1.54. The average molecular weight is 258 g/mol. The van der Waals surface area contributed by atoms with E-state index >= 15 is 0 Å². The van der Waals surface area contributed by atoms with Crippen molar-refractivity contribution in [1.29, 1.82) is 0 Å². The summed E-state index contributed by atoms with van der Waals surface area (Å²) in [6.45, 7) is 0.843. The van der Waals surface area contributed by atoms with Crippen molar-refractivity contribution in [3.63, 3.8) is 0 Å². The van der Waals surface area contributed by atoms with Gasteiger partial charge in [-0.2, -0.15) is 0 Å². The summed E-state index contributed by atoms with van der Waals surface area (Å²) in [5, 5.41) is 9.16. The lowest BCUT2D eigenvalue weighted by Gasteiger charge is -2.21. The van der Waals surface area contributed by atoms with E-state index in [9.17, 15) is 9.59 Å². The predicted octanol–water partition coefficient (Wildman–Crippen LogP) is 1.79. The van der Waals surface area contributed by atoms with Crippen molar-refractivity contribution in [2.45, 2.75) is 6.92 Å². The number of halogens is 1. The average Bonchev–Trinajstić information content (AvgIpc) is 2.25. The van der Waals surface area contributed by atoms with E-state index in [1.54, 1.807) is 12.1 Å². The minimum atomic E-state index is -1.11.